The van der Waals surface area contributed by atoms with Crippen molar-refractivity contribution in [3.8, 4) is 0 Å². The Labute approximate surface area is 160 Å². The van der Waals surface area contributed by atoms with Crippen LogP contribution < -0.4 is 0 Å². The van der Waals surface area contributed by atoms with Crippen LogP contribution in [0.3, 0.4) is 0 Å². The van der Waals surface area contributed by atoms with E-state index >= 15 is 0 Å². The van der Waals surface area contributed by atoms with E-state index < -0.39 is 0 Å². The number of amides is 2. The van der Waals surface area contributed by atoms with Gasteiger partial charge in [-0.3, -0.25) is 9.59 Å². The molecule has 0 unspecified atom stereocenters. The van der Waals surface area contributed by atoms with Gasteiger partial charge in [0.1, 0.15) is 0 Å². The third-order valence-electron chi connectivity index (χ3n) is 5.51. The average Bonchev–Trinajstić information content (AvgIpc) is 3.14. The lowest BCUT2D eigenvalue weighted by atomic mass is 9.73. The smallest absolute Gasteiger partial charge is 0.232 e. The molecule has 0 bridgehead atoms. The molecule has 1 atom stereocenters. The standard InChI is InChI=1S/C19H30N4O2S/c1-15(2)26-11-18(25)22-8-3-6-19(12-22)7-4-17(24)23(13-19)9-5-16-10-20-14-21-16/h10,14-15H,3-9,11-13H2,1-2H3,(H,20,21)/t19-/m0/s1. The van der Waals surface area contributed by atoms with Crippen LogP contribution in [-0.2, 0) is 16.0 Å². The number of aromatic nitrogens is 2. The van der Waals surface area contributed by atoms with E-state index in [9.17, 15) is 9.59 Å². The Kier molecular flexibility index (Phi) is 6.27. The quantitative estimate of drug-likeness (QED) is 0.825. The van der Waals surface area contributed by atoms with Gasteiger partial charge in [-0.05, 0) is 24.5 Å². The molecule has 0 aliphatic carbocycles. The summed E-state index contributed by atoms with van der Waals surface area (Å²) in [6.45, 7) is 7.42. The molecule has 6 nitrogen and oxygen atoms in total. The number of nitrogens with one attached hydrogen (secondary N) is 1. The van der Waals surface area contributed by atoms with Gasteiger partial charge >= 0.3 is 0 Å². The second-order valence-electron chi connectivity index (χ2n) is 7.92. The van der Waals surface area contributed by atoms with Gasteiger partial charge in [0.15, 0.2) is 0 Å². The van der Waals surface area contributed by atoms with Crippen molar-refractivity contribution in [1.82, 2.24) is 19.8 Å². The third kappa shape index (κ3) is 4.81. The lowest BCUT2D eigenvalue weighted by Crippen LogP contribution is -2.55. The molecule has 3 heterocycles. The number of piperidine rings is 2. The van der Waals surface area contributed by atoms with Gasteiger partial charge in [-0.25, -0.2) is 4.98 Å². The van der Waals surface area contributed by atoms with Crippen LogP contribution in [0.2, 0.25) is 0 Å². The van der Waals surface area contributed by atoms with Gasteiger partial charge in [0, 0.05) is 56.3 Å². The minimum absolute atomic E-state index is 0.0816. The Hall–Kier alpha value is -1.50. The summed E-state index contributed by atoms with van der Waals surface area (Å²) in [5.41, 5.74) is 1.14. The number of thioether (sulfide) groups is 1. The zero-order chi connectivity index (χ0) is 18.6. The van der Waals surface area contributed by atoms with E-state index in [1.54, 1.807) is 18.1 Å². The number of hydrogen-bond acceptors (Lipinski definition) is 4. The molecule has 1 aromatic heterocycles. The fourth-order valence-corrected chi connectivity index (χ4v) is 4.72. The Morgan fingerprint density at radius 3 is 2.96 bits per heavy atom. The molecule has 26 heavy (non-hydrogen) atoms. The largest absolute Gasteiger partial charge is 0.348 e. The molecule has 2 amide bonds. The van der Waals surface area contributed by atoms with E-state index in [2.05, 4.69) is 23.8 Å². The van der Waals surface area contributed by atoms with Gasteiger partial charge in [-0.15, -0.1) is 11.8 Å². The minimum atomic E-state index is 0.0816. The number of H-pyrrole nitrogens is 1. The number of carbonyl (C=O) groups excluding carboxylic acids is 2. The topological polar surface area (TPSA) is 69.3 Å². The minimum Gasteiger partial charge on any atom is -0.348 e. The van der Waals surface area contributed by atoms with Crippen molar-refractivity contribution < 1.29 is 9.59 Å². The molecule has 2 saturated heterocycles. The molecule has 7 heteroatoms. The predicted molar refractivity (Wildman–Crippen MR) is 104 cm³/mol. The maximum absolute atomic E-state index is 12.6. The van der Waals surface area contributed by atoms with Crippen LogP contribution in [-0.4, -0.2) is 68.8 Å². The highest BCUT2D eigenvalue weighted by Crippen LogP contribution is 2.39. The van der Waals surface area contributed by atoms with Crippen LogP contribution in [0.4, 0.5) is 0 Å². The highest BCUT2D eigenvalue weighted by molar-refractivity contribution is 8.00. The molecule has 1 spiro atoms. The lowest BCUT2D eigenvalue weighted by Gasteiger charge is -2.48. The molecular weight excluding hydrogens is 348 g/mol. The van der Waals surface area contributed by atoms with Gasteiger partial charge in [-0.1, -0.05) is 13.8 Å². The van der Waals surface area contributed by atoms with Crippen LogP contribution in [0.25, 0.3) is 0 Å². The first-order valence-corrected chi connectivity index (χ1v) is 10.7. The van der Waals surface area contributed by atoms with Gasteiger partial charge in [-0.2, -0.15) is 0 Å². The zero-order valence-electron chi connectivity index (χ0n) is 15.9. The molecule has 0 radical (unpaired) electrons. The van der Waals surface area contributed by atoms with Crippen molar-refractivity contribution in [3.63, 3.8) is 0 Å². The predicted octanol–water partition coefficient (Wildman–Crippen LogP) is 2.33. The maximum Gasteiger partial charge on any atom is 0.232 e. The molecule has 1 aromatic rings. The molecule has 2 fully saturated rings. The van der Waals surface area contributed by atoms with Crippen molar-refractivity contribution in [2.24, 2.45) is 5.41 Å². The van der Waals surface area contributed by atoms with Crippen molar-refractivity contribution in [3.05, 3.63) is 18.2 Å². The number of carbonyl (C=O) groups is 2. The van der Waals surface area contributed by atoms with Crippen molar-refractivity contribution in [2.75, 3.05) is 31.9 Å². The first kappa shape index (κ1) is 19.3. The van der Waals surface area contributed by atoms with Gasteiger partial charge < -0.3 is 14.8 Å². The number of aromatic amines is 1. The first-order chi connectivity index (χ1) is 12.5. The maximum atomic E-state index is 12.6. The second kappa shape index (κ2) is 8.46. The monoisotopic (exact) mass is 378 g/mol. The Balaban J connectivity index is 1.59. The summed E-state index contributed by atoms with van der Waals surface area (Å²) in [7, 11) is 0. The number of rotatable bonds is 6. The summed E-state index contributed by atoms with van der Waals surface area (Å²) in [5, 5.41) is 0.475. The van der Waals surface area contributed by atoms with Crippen molar-refractivity contribution in [1.29, 1.82) is 0 Å². The van der Waals surface area contributed by atoms with Crippen molar-refractivity contribution >= 4 is 23.6 Å². The fraction of sp³-hybridized carbons (Fsp3) is 0.737. The second-order valence-corrected chi connectivity index (χ2v) is 9.49. The van der Waals surface area contributed by atoms with E-state index in [0.717, 1.165) is 57.6 Å². The highest BCUT2D eigenvalue weighted by Gasteiger charge is 2.42. The molecule has 3 rings (SSSR count). The summed E-state index contributed by atoms with van der Waals surface area (Å²) < 4.78 is 0. The van der Waals surface area contributed by atoms with Crippen LogP contribution in [0, 0.1) is 5.41 Å². The SMILES string of the molecule is CC(C)SCC(=O)N1CCC[C@]2(CCC(=O)N(CCc3cnc[nH]3)C2)C1. The third-order valence-corrected chi connectivity index (χ3v) is 6.59. The Bertz CT molecular complexity index is 619. The molecule has 0 saturated carbocycles. The Morgan fingerprint density at radius 2 is 2.23 bits per heavy atom. The van der Waals surface area contributed by atoms with E-state index in [0.29, 0.717) is 17.4 Å². The molecule has 1 N–H and O–H groups in total. The summed E-state index contributed by atoms with van der Waals surface area (Å²) in [4.78, 5) is 36.1. The molecule has 144 valence electrons. The van der Waals surface area contributed by atoms with E-state index in [1.165, 1.54) is 0 Å². The normalized spacial score (nSPS) is 23.9. The number of hydrogen-bond donors (Lipinski definition) is 1. The van der Waals surface area contributed by atoms with Gasteiger partial charge in [0.2, 0.25) is 11.8 Å². The van der Waals surface area contributed by atoms with E-state index in [1.807, 2.05) is 16.0 Å². The van der Waals surface area contributed by atoms with Crippen LogP contribution >= 0.6 is 11.8 Å². The summed E-state index contributed by atoms with van der Waals surface area (Å²) in [5.74, 6) is 1.06. The highest BCUT2D eigenvalue weighted by atomic mass is 32.2. The first-order valence-electron chi connectivity index (χ1n) is 9.62. The molecule has 0 aromatic carbocycles. The summed E-state index contributed by atoms with van der Waals surface area (Å²) in [6.07, 6.45) is 7.96. The average molecular weight is 379 g/mol. The fourth-order valence-electron chi connectivity index (χ4n) is 4.07. The van der Waals surface area contributed by atoms with E-state index in [-0.39, 0.29) is 17.2 Å². The Morgan fingerprint density at radius 1 is 1.38 bits per heavy atom. The molecule has 2 aliphatic heterocycles. The number of likely N-dealkylation sites (tertiary alicyclic amines) is 2. The van der Waals surface area contributed by atoms with Gasteiger partial charge in [0.05, 0.1) is 12.1 Å². The summed E-state index contributed by atoms with van der Waals surface area (Å²) in [6, 6.07) is 0. The number of imidazole rings is 1. The molecular formula is C19H30N4O2S. The van der Waals surface area contributed by atoms with E-state index in [4.69, 9.17) is 0 Å². The van der Waals surface area contributed by atoms with Crippen LogP contribution in [0.15, 0.2) is 12.5 Å². The van der Waals surface area contributed by atoms with Crippen LogP contribution in [0.5, 0.6) is 0 Å². The zero-order valence-corrected chi connectivity index (χ0v) is 16.7. The lowest BCUT2D eigenvalue weighted by molar-refractivity contribution is -0.142. The number of nitrogens with zero attached hydrogens (tertiary/aromatic N) is 3. The summed E-state index contributed by atoms with van der Waals surface area (Å²) >= 11 is 1.71. The molecule has 2 aliphatic rings. The van der Waals surface area contributed by atoms with Crippen LogP contribution in [0.1, 0.15) is 45.2 Å². The van der Waals surface area contributed by atoms with Gasteiger partial charge in [0.25, 0.3) is 0 Å². The van der Waals surface area contributed by atoms with Crippen molar-refractivity contribution in [2.45, 2.75) is 51.2 Å².